The first-order valence-corrected chi connectivity index (χ1v) is 13.5. The Labute approximate surface area is 211 Å². The zero-order chi connectivity index (χ0) is 24.3. The molecule has 0 bridgehead atoms. The fourth-order valence-corrected chi connectivity index (χ4v) is 6.32. The average Bonchev–Trinajstić information content (AvgIpc) is 3.51. The van der Waals surface area contributed by atoms with Crippen LogP contribution >= 0.6 is 11.3 Å². The summed E-state index contributed by atoms with van der Waals surface area (Å²) >= 11 is 1.49. The highest BCUT2D eigenvalue weighted by atomic mass is 32.1. The number of benzene rings is 2. The summed E-state index contributed by atoms with van der Waals surface area (Å²) in [6.07, 6.45) is 4.03. The van der Waals surface area contributed by atoms with E-state index in [4.69, 9.17) is 0 Å². The molecule has 1 N–H and O–H groups in total. The quantitative estimate of drug-likeness (QED) is 0.524. The van der Waals surface area contributed by atoms with Crippen LogP contribution in [-0.4, -0.2) is 52.5 Å². The highest BCUT2D eigenvalue weighted by Gasteiger charge is 2.53. The second kappa shape index (κ2) is 10.3. The van der Waals surface area contributed by atoms with Crippen molar-refractivity contribution in [3.63, 3.8) is 0 Å². The van der Waals surface area contributed by atoms with E-state index in [2.05, 4.69) is 53.5 Å². The molecule has 182 valence electrons. The van der Waals surface area contributed by atoms with Crippen molar-refractivity contribution in [3.8, 4) is 0 Å². The molecule has 2 fully saturated rings. The number of likely N-dealkylation sites (tertiary alicyclic amines) is 1. The Morgan fingerprint density at radius 3 is 2.29 bits per heavy atom. The molecule has 2 aromatic carbocycles. The molecule has 2 saturated heterocycles. The van der Waals surface area contributed by atoms with Crippen molar-refractivity contribution in [1.82, 2.24) is 15.1 Å². The number of piperidine rings is 1. The number of nitrogens with zero attached hydrogens (tertiary/aromatic N) is 2. The third kappa shape index (κ3) is 5.04. The highest BCUT2D eigenvalue weighted by molar-refractivity contribution is 7.12. The summed E-state index contributed by atoms with van der Waals surface area (Å²) in [5.74, 6) is 0.288. The standard InChI is InChI=1S/C29H33N3O2S/c1-22(14-15-23-9-4-2-5-10-23)32-27(33)25(21-24-11-6-3-7-12-24)30-29(32)16-18-31(19-17-29)28(34)26-13-8-20-35-26/h2-13,20,22,25,30H,14-19,21H2,1H3. The van der Waals surface area contributed by atoms with Gasteiger partial charge in [-0.25, -0.2) is 0 Å². The molecule has 2 unspecified atom stereocenters. The van der Waals surface area contributed by atoms with E-state index in [9.17, 15) is 9.59 Å². The van der Waals surface area contributed by atoms with Crippen molar-refractivity contribution >= 4 is 23.2 Å². The molecule has 2 aliphatic heterocycles. The summed E-state index contributed by atoms with van der Waals surface area (Å²) in [6, 6.07) is 24.4. The minimum absolute atomic E-state index is 0.101. The molecule has 3 heterocycles. The molecular formula is C29H33N3O2S. The molecule has 5 rings (SSSR count). The number of carbonyl (C=O) groups excluding carboxylic acids is 2. The molecule has 6 heteroatoms. The maximum Gasteiger partial charge on any atom is 0.263 e. The number of hydrogen-bond acceptors (Lipinski definition) is 4. The Morgan fingerprint density at radius 2 is 1.66 bits per heavy atom. The number of rotatable bonds is 7. The number of carbonyl (C=O) groups is 2. The fraction of sp³-hybridized carbons (Fsp3) is 0.379. The van der Waals surface area contributed by atoms with E-state index in [0.29, 0.717) is 19.5 Å². The zero-order valence-electron chi connectivity index (χ0n) is 20.2. The van der Waals surface area contributed by atoms with Gasteiger partial charge in [0.05, 0.1) is 16.6 Å². The molecule has 2 aliphatic rings. The minimum atomic E-state index is -0.404. The van der Waals surface area contributed by atoms with Gasteiger partial charge in [0.2, 0.25) is 5.91 Å². The average molecular weight is 488 g/mol. The van der Waals surface area contributed by atoms with Gasteiger partial charge in [-0.1, -0.05) is 66.7 Å². The van der Waals surface area contributed by atoms with E-state index in [0.717, 1.165) is 36.1 Å². The van der Waals surface area contributed by atoms with Crippen molar-refractivity contribution in [3.05, 3.63) is 94.2 Å². The highest BCUT2D eigenvalue weighted by Crippen LogP contribution is 2.36. The summed E-state index contributed by atoms with van der Waals surface area (Å²) < 4.78 is 0. The van der Waals surface area contributed by atoms with Crippen molar-refractivity contribution in [1.29, 1.82) is 0 Å². The Hall–Kier alpha value is -2.96. The SMILES string of the molecule is CC(CCc1ccccc1)N1C(=O)C(Cc2ccccc2)NC12CCN(C(=O)c1cccs1)CC2. The molecule has 2 amide bonds. The minimum Gasteiger partial charge on any atom is -0.338 e. The van der Waals surface area contributed by atoms with Crippen LogP contribution in [0.3, 0.4) is 0 Å². The van der Waals surface area contributed by atoms with Crippen molar-refractivity contribution in [2.24, 2.45) is 0 Å². The molecule has 0 saturated carbocycles. The summed E-state index contributed by atoms with van der Waals surface area (Å²) in [7, 11) is 0. The number of thiophene rings is 1. The number of hydrogen-bond donors (Lipinski definition) is 1. The maximum absolute atomic E-state index is 13.8. The second-order valence-electron chi connectivity index (χ2n) is 9.77. The molecule has 2 atom stereocenters. The molecule has 5 nitrogen and oxygen atoms in total. The Balaban J connectivity index is 1.34. The number of nitrogens with one attached hydrogen (secondary N) is 1. The van der Waals surface area contributed by atoms with Crippen LogP contribution in [-0.2, 0) is 17.6 Å². The summed E-state index contributed by atoms with van der Waals surface area (Å²) in [5, 5.41) is 5.71. The van der Waals surface area contributed by atoms with Crippen LogP contribution in [0.15, 0.2) is 78.2 Å². The molecule has 3 aromatic rings. The third-order valence-corrected chi connectivity index (χ3v) is 8.32. The Morgan fingerprint density at radius 1 is 1.00 bits per heavy atom. The van der Waals surface area contributed by atoms with Crippen LogP contribution in [0.1, 0.15) is 47.0 Å². The summed E-state index contributed by atoms with van der Waals surface area (Å²) in [4.78, 5) is 31.6. The van der Waals surface area contributed by atoms with Crippen LogP contribution in [0, 0.1) is 0 Å². The molecule has 35 heavy (non-hydrogen) atoms. The van der Waals surface area contributed by atoms with Crippen LogP contribution in [0.2, 0.25) is 0 Å². The van der Waals surface area contributed by atoms with Gasteiger partial charge in [-0.05, 0) is 48.8 Å². The third-order valence-electron chi connectivity index (χ3n) is 7.47. The first-order valence-electron chi connectivity index (χ1n) is 12.6. The van der Waals surface area contributed by atoms with Gasteiger partial charge in [0, 0.05) is 32.0 Å². The van der Waals surface area contributed by atoms with E-state index in [1.165, 1.54) is 16.9 Å². The van der Waals surface area contributed by atoms with Crippen molar-refractivity contribution in [2.45, 2.75) is 56.8 Å². The predicted octanol–water partition coefficient (Wildman–Crippen LogP) is 4.74. The molecule has 0 aliphatic carbocycles. The first-order chi connectivity index (χ1) is 17.1. The van der Waals surface area contributed by atoms with Crippen LogP contribution in [0.4, 0.5) is 0 Å². The molecule has 0 radical (unpaired) electrons. The summed E-state index contributed by atoms with van der Waals surface area (Å²) in [6.45, 7) is 3.48. The van der Waals surface area contributed by atoms with Crippen LogP contribution in [0.25, 0.3) is 0 Å². The van der Waals surface area contributed by atoms with Gasteiger partial charge in [0.1, 0.15) is 0 Å². The summed E-state index contributed by atoms with van der Waals surface area (Å²) in [5.41, 5.74) is 2.06. The fourth-order valence-electron chi connectivity index (χ4n) is 5.63. The first kappa shape index (κ1) is 23.8. The van der Waals surface area contributed by atoms with Gasteiger partial charge in [0.25, 0.3) is 5.91 Å². The van der Waals surface area contributed by atoms with E-state index in [1.807, 2.05) is 46.7 Å². The van der Waals surface area contributed by atoms with E-state index >= 15 is 0 Å². The lowest BCUT2D eigenvalue weighted by molar-refractivity contribution is -0.136. The van der Waals surface area contributed by atoms with Gasteiger partial charge in [-0.15, -0.1) is 11.3 Å². The van der Waals surface area contributed by atoms with Gasteiger partial charge in [0.15, 0.2) is 0 Å². The lowest BCUT2D eigenvalue weighted by atomic mass is 9.93. The van der Waals surface area contributed by atoms with Crippen LogP contribution in [0.5, 0.6) is 0 Å². The van der Waals surface area contributed by atoms with Gasteiger partial charge >= 0.3 is 0 Å². The van der Waals surface area contributed by atoms with Gasteiger partial charge < -0.3 is 9.80 Å². The van der Waals surface area contributed by atoms with Crippen molar-refractivity contribution < 1.29 is 9.59 Å². The second-order valence-corrected chi connectivity index (χ2v) is 10.7. The molecular weight excluding hydrogens is 454 g/mol. The normalized spacial score (nSPS) is 20.4. The lowest BCUT2D eigenvalue weighted by Crippen LogP contribution is -2.61. The lowest BCUT2D eigenvalue weighted by Gasteiger charge is -2.47. The van der Waals surface area contributed by atoms with Crippen molar-refractivity contribution in [2.75, 3.05) is 13.1 Å². The topological polar surface area (TPSA) is 52.7 Å². The predicted molar refractivity (Wildman–Crippen MR) is 140 cm³/mol. The molecule has 1 aromatic heterocycles. The van der Waals surface area contributed by atoms with Crippen LogP contribution < -0.4 is 5.32 Å². The maximum atomic E-state index is 13.8. The largest absolute Gasteiger partial charge is 0.338 e. The van der Waals surface area contributed by atoms with E-state index < -0.39 is 5.66 Å². The van der Waals surface area contributed by atoms with E-state index in [-0.39, 0.29) is 23.9 Å². The number of aryl methyl sites for hydroxylation is 1. The zero-order valence-corrected chi connectivity index (χ0v) is 21.0. The Kier molecular flexibility index (Phi) is 7.02. The Bertz CT molecular complexity index is 1130. The monoisotopic (exact) mass is 487 g/mol. The van der Waals surface area contributed by atoms with Gasteiger partial charge in [-0.2, -0.15) is 0 Å². The smallest absolute Gasteiger partial charge is 0.263 e. The van der Waals surface area contributed by atoms with E-state index in [1.54, 1.807) is 0 Å². The molecule has 1 spiro atoms. The van der Waals surface area contributed by atoms with Gasteiger partial charge in [-0.3, -0.25) is 14.9 Å². The number of amides is 2.